The van der Waals surface area contributed by atoms with Crippen molar-refractivity contribution in [1.29, 1.82) is 0 Å². The van der Waals surface area contributed by atoms with Gasteiger partial charge in [0.15, 0.2) is 11.6 Å². The molecule has 0 spiro atoms. The molecule has 22 heavy (non-hydrogen) atoms. The first-order valence-corrected chi connectivity index (χ1v) is 7.10. The number of rotatable bonds is 6. The highest BCUT2D eigenvalue weighted by Crippen LogP contribution is 2.16. The average molecular weight is 297 g/mol. The zero-order valence-electron chi connectivity index (χ0n) is 12.7. The molecule has 2 aromatic carbocycles. The number of carbonyl (C=O) groups is 2. The van der Waals surface area contributed by atoms with E-state index >= 15 is 0 Å². The van der Waals surface area contributed by atoms with Crippen LogP contribution in [-0.2, 0) is 0 Å². The van der Waals surface area contributed by atoms with Gasteiger partial charge in [-0.3, -0.25) is 9.59 Å². The monoisotopic (exact) mass is 297 g/mol. The van der Waals surface area contributed by atoms with Gasteiger partial charge in [0.1, 0.15) is 5.75 Å². The Morgan fingerprint density at radius 1 is 0.818 bits per heavy atom. The molecule has 0 unspecified atom stereocenters. The summed E-state index contributed by atoms with van der Waals surface area (Å²) in [5.74, 6) is -0.0238. The highest BCUT2D eigenvalue weighted by atomic mass is 16.3. The molecule has 0 amide bonds. The fourth-order valence-electron chi connectivity index (χ4n) is 2.11. The van der Waals surface area contributed by atoms with Crippen LogP contribution in [0.4, 0.5) is 5.69 Å². The summed E-state index contributed by atoms with van der Waals surface area (Å²) in [5, 5.41) is 9.20. The zero-order chi connectivity index (χ0) is 16.1. The van der Waals surface area contributed by atoms with E-state index in [0.717, 1.165) is 5.69 Å². The van der Waals surface area contributed by atoms with E-state index in [2.05, 4.69) is 0 Å². The van der Waals surface area contributed by atoms with Crippen LogP contribution < -0.4 is 4.90 Å². The van der Waals surface area contributed by atoms with Gasteiger partial charge in [-0.1, -0.05) is 0 Å². The maximum absolute atomic E-state index is 12.1. The predicted octanol–water partition coefficient (Wildman–Crippen LogP) is 3.30. The fourth-order valence-corrected chi connectivity index (χ4v) is 2.11. The van der Waals surface area contributed by atoms with Crippen LogP contribution in [0.25, 0.3) is 0 Å². The van der Waals surface area contributed by atoms with Crippen molar-refractivity contribution >= 4 is 17.3 Å². The van der Waals surface area contributed by atoms with E-state index in [1.807, 2.05) is 31.1 Å². The smallest absolute Gasteiger partial charge is 0.163 e. The molecule has 0 atom stereocenters. The van der Waals surface area contributed by atoms with Gasteiger partial charge in [0.25, 0.3) is 0 Å². The van der Waals surface area contributed by atoms with E-state index in [4.69, 9.17) is 0 Å². The SMILES string of the molecule is CN(C)c1ccc(C(=O)CCC(=O)c2ccc(O)cc2)cc1. The highest BCUT2D eigenvalue weighted by Gasteiger charge is 2.11. The van der Waals surface area contributed by atoms with Crippen LogP contribution in [0.15, 0.2) is 48.5 Å². The Morgan fingerprint density at radius 3 is 1.64 bits per heavy atom. The lowest BCUT2D eigenvalue weighted by Crippen LogP contribution is -2.09. The molecular weight excluding hydrogens is 278 g/mol. The zero-order valence-corrected chi connectivity index (χ0v) is 12.7. The van der Waals surface area contributed by atoms with E-state index in [0.29, 0.717) is 11.1 Å². The molecule has 1 N–H and O–H groups in total. The molecule has 0 saturated heterocycles. The Bertz CT molecular complexity index is 658. The van der Waals surface area contributed by atoms with Crippen LogP contribution in [0.2, 0.25) is 0 Å². The molecule has 0 aliphatic carbocycles. The number of carbonyl (C=O) groups excluding carboxylic acids is 2. The van der Waals surface area contributed by atoms with Crippen molar-refractivity contribution in [2.24, 2.45) is 0 Å². The molecule has 0 radical (unpaired) electrons. The van der Waals surface area contributed by atoms with Crippen LogP contribution in [0.3, 0.4) is 0 Å². The minimum absolute atomic E-state index is 0.0440. The van der Waals surface area contributed by atoms with Crippen molar-refractivity contribution in [3.8, 4) is 5.75 Å². The first kappa shape index (κ1) is 15.8. The molecular formula is C18H19NO3. The Morgan fingerprint density at radius 2 is 1.23 bits per heavy atom. The second-order valence-electron chi connectivity index (χ2n) is 5.33. The van der Waals surface area contributed by atoms with Crippen LogP contribution in [0.5, 0.6) is 5.75 Å². The third-order valence-electron chi connectivity index (χ3n) is 3.47. The van der Waals surface area contributed by atoms with E-state index < -0.39 is 0 Å². The largest absolute Gasteiger partial charge is 0.508 e. The lowest BCUT2D eigenvalue weighted by Gasteiger charge is -2.12. The van der Waals surface area contributed by atoms with Crippen molar-refractivity contribution in [2.45, 2.75) is 12.8 Å². The topological polar surface area (TPSA) is 57.6 Å². The number of hydrogen-bond donors (Lipinski definition) is 1. The molecule has 0 fully saturated rings. The van der Waals surface area contributed by atoms with E-state index in [9.17, 15) is 14.7 Å². The minimum atomic E-state index is -0.0988. The summed E-state index contributed by atoms with van der Waals surface area (Å²) in [6, 6.07) is 13.4. The van der Waals surface area contributed by atoms with Crippen molar-refractivity contribution in [1.82, 2.24) is 0 Å². The normalized spacial score (nSPS) is 10.3. The number of benzene rings is 2. The van der Waals surface area contributed by atoms with Gasteiger partial charge in [0.2, 0.25) is 0 Å². The Hall–Kier alpha value is -2.62. The summed E-state index contributed by atoms with van der Waals surface area (Å²) in [5.41, 5.74) is 2.15. The first-order valence-electron chi connectivity index (χ1n) is 7.10. The number of hydrogen-bond acceptors (Lipinski definition) is 4. The molecule has 0 bridgehead atoms. The van der Waals surface area contributed by atoms with Gasteiger partial charge in [-0.05, 0) is 48.5 Å². The van der Waals surface area contributed by atoms with Crippen molar-refractivity contribution in [3.05, 3.63) is 59.7 Å². The molecule has 0 aromatic heterocycles. The molecule has 0 aliphatic heterocycles. The van der Waals surface area contributed by atoms with Crippen molar-refractivity contribution in [3.63, 3.8) is 0 Å². The van der Waals surface area contributed by atoms with Crippen LogP contribution >= 0.6 is 0 Å². The van der Waals surface area contributed by atoms with Gasteiger partial charge in [-0.25, -0.2) is 0 Å². The molecule has 0 heterocycles. The summed E-state index contributed by atoms with van der Waals surface area (Å²) in [4.78, 5) is 26.1. The van der Waals surface area contributed by atoms with Gasteiger partial charge >= 0.3 is 0 Å². The van der Waals surface area contributed by atoms with Gasteiger partial charge in [0.05, 0.1) is 0 Å². The van der Waals surface area contributed by atoms with E-state index in [1.54, 1.807) is 24.3 Å². The molecule has 0 saturated carbocycles. The van der Waals surface area contributed by atoms with Gasteiger partial charge in [0, 0.05) is 43.8 Å². The first-order chi connectivity index (χ1) is 10.5. The number of nitrogens with zero attached hydrogens (tertiary/aromatic N) is 1. The van der Waals surface area contributed by atoms with E-state index in [-0.39, 0.29) is 30.2 Å². The second-order valence-corrected chi connectivity index (χ2v) is 5.33. The maximum Gasteiger partial charge on any atom is 0.163 e. The Balaban J connectivity index is 1.94. The number of anilines is 1. The average Bonchev–Trinajstić information content (AvgIpc) is 2.53. The summed E-state index contributed by atoms with van der Waals surface area (Å²) < 4.78 is 0. The lowest BCUT2D eigenvalue weighted by atomic mass is 10.0. The summed E-state index contributed by atoms with van der Waals surface area (Å²) in [7, 11) is 3.88. The number of aromatic hydroxyl groups is 1. The summed E-state index contributed by atoms with van der Waals surface area (Å²) in [6.07, 6.45) is 0.347. The third kappa shape index (κ3) is 3.95. The number of phenolic OH excluding ortho intramolecular Hbond substituents is 1. The lowest BCUT2D eigenvalue weighted by molar-refractivity contribution is 0.0917. The Labute approximate surface area is 130 Å². The van der Waals surface area contributed by atoms with E-state index in [1.165, 1.54) is 12.1 Å². The fraction of sp³-hybridized carbons (Fsp3) is 0.222. The molecule has 4 nitrogen and oxygen atoms in total. The van der Waals surface area contributed by atoms with Gasteiger partial charge < -0.3 is 10.0 Å². The van der Waals surface area contributed by atoms with Gasteiger partial charge in [-0.15, -0.1) is 0 Å². The van der Waals surface area contributed by atoms with Crippen LogP contribution in [0, 0.1) is 0 Å². The minimum Gasteiger partial charge on any atom is -0.508 e. The highest BCUT2D eigenvalue weighted by molar-refractivity contribution is 6.02. The summed E-state index contributed by atoms with van der Waals surface area (Å²) >= 11 is 0. The Kier molecular flexibility index (Phi) is 4.94. The molecule has 0 aliphatic rings. The van der Waals surface area contributed by atoms with Gasteiger partial charge in [-0.2, -0.15) is 0 Å². The number of Topliss-reactive ketones (excluding diaryl/α,β-unsaturated/α-hetero) is 2. The molecule has 2 rings (SSSR count). The quantitative estimate of drug-likeness (QED) is 0.831. The molecule has 2 aromatic rings. The second kappa shape index (κ2) is 6.89. The predicted molar refractivity (Wildman–Crippen MR) is 86.8 cm³/mol. The number of phenols is 1. The third-order valence-corrected chi connectivity index (χ3v) is 3.47. The summed E-state index contributed by atoms with van der Waals surface area (Å²) in [6.45, 7) is 0. The standard InChI is InChI=1S/C18H19NO3/c1-19(2)15-7-3-13(4-8-15)17(21)11-12-18(22)14-5-9-16(20)10-6-14/h3-10,20H,11-12H2,1-2H3. The molecule has 4 heteroatoms. The number of ketones is 2. The maximum atomic E-state index is 12.1. The van der Waals surface area contributed by atoms with Crippen molar-refractivity contribution < 1.29 is 14.7 Å². The van der Waals surface area contributed by atoms with Crippen LogP contribution in [-0.4, -0.2) is 30.8 Å². The van der Waals surface area contributed by atoms with Crippen LogP contribution in [0.1, 0.15) is 33.6 Å². The van der Waals surface area contributed by atoms with Crippen molar-refractivity contribution in [2.75, 3.05) is 19.0 Å². The molecule has 114 valence electrons.